The minimum Gasteiger partial charge on any atom is -0.353 e. The van der Waals surface area contributed by atoms with Crippen LogP contribution in [0.1, 0.15) is 37.3 Å². The van der Waals surface area contributed by atoms with E-state index in [0.29, 0.717) is 44.3 Å². The van der Waals surface area contributed by atoms with Crippen molar-refractivity contribution >= 4 is 17.4 Å². The molecule has 3 aromatic rings. The lowest BCUT2D eigenvalue weighted by Gasteiger charge is -2.38. The quantitative estimate of drug-likeness (QED) is 0.632. The number of rotatable bonds is 2. The number of anilines is 1. The molecule has 1 spiro atoms. The first-order valence-corrected chi connectivity index (χ1v) is 10.5. The largest absolute Gasteiger partial charge is 0.353 e. The molecule has 7 nitrogen and oxygen atoms in total. The maximum atomic E-state index is 13.8. The van der Waals surface area contributed by atoms with Gasteiger partial charge in [0.1, 0.15) is 17.9 Å². The van der Waals surface area contributed by atoms with Crippen LogP contribution in [0.25, 0.3) is 5.65 Å². The van der Waals surface area contributed by atoms with Crippen LogP contribution in [0.4, 0.5) is 14.6 Å². The molecule has 0 bridgehead atoms. The summed E-state index contributed by atoms with van der Waals surface area (Å²) in [5, 5.41) is 0. The molecular formula is C22H21F2N5O2. The Labute approximate surface area is 177 Å². The number of halogens is 2. The fourth-order valence-corrected chi connectivity index (χ4v) is 5.28. The highest BCUT2D eigenvalue weighted by atomic mass is 19.1. The lowest BCUT2D eigenvalue weighted by Crippen LogP contribution is -2.50. The van der Waals surface area contributed by atoms with Gasteiger partial charge in [-0.1, -0.05) is 0 Å². The van der Waals surface area contributed by atoms with Crippen LogP contribution in [0.5, 0.6) is 0 Å². The van der Waals surface area contributed by atoms with Gasteiger partial charge in [0.2, 0.25) is 0 Å². The third-order valence-electron chi connectivity index (χ3n) is 6.75. The fraction of sp³-hybridized carbons (Fsp3) is 0.409. The van der Waals surface area contributed by atoms with Crippen molar-refractivity contribution in [3.63, 3.8) is 0 Å². The highest BCUT2D eigenvalue weighted by Crippen LogP contribution is 2.48. The van der Waals surface area contributed by atoms with E-state index in [9.17, 15) is 13.6 Å². The van der Waals surface area contributed by atoms with Gasteiger partial charge in [0.25, 0.3) is 5.91 Å². The summed E-state index contributed by atoms with van der Waals surface area (Å²) < 4.78 is 35.8. The summed E-state index contributed by atoms with van der Waals surface area (Å²) in [6, 6.07) is 3.12. The lowest BCUT2D eigenvalue weighted by molar-refractivity contribution is -0.140. The summed E-state index contributed by atoms with van der Waals surface area (Å²) in [5.41, 5.74) is 0.388. The number of piperidine rings is 1. The molecule has 5 heterocycles. The monoisotopic (exact) mass is 425 g/mol. The van der Waals surface area contributed by atoms with Crippen molar-refractivity contribution in [1.29, 1.82) is 0 Å². The van der Waals surface area contributed by atoms with E-state index in [-0.39, 0.29) is 18.2 Å². The zero-order chi connectivity index (χ0) is 21.2. The fourth-order valence-electron chi connectivity index (χ4n) is 5.28. The van der Waals surface area contributed by atoms with Gasteiger partial charge in [0.05, 0.1) is 6.04 Å². The first-order chi connectivity index (χ1) is 15.0. The van der Waals surface area contributed by atoms with Crippen LogP contribution in [0.3, 0.4) is 0 Å². The molecule has 2 atom stereocenters. The van der Waals surface area contributed by atoms with Gasteiger partial charge >= 0.3 is 0 Å². The average Bonchev–Trinajstić information content (AvgIpc) is 3.45. The van der Waals surface area contributed by atoms with Crippen molar-refractivity contribution < 1.29 is 18.3 Å². The summed E-state index contributed by atoms with van der Waals surface area (Å²) >= 11 is 0. The van der Waals surface area contributed by atoms with E-state index in [1.165, 1.54) is 12.1 Å². The molecule has 3 aliphatic heterocycles. The number of aromatic nitrogens is 3. The number of carbonyl (C=O) groups excluding carboxylic acids is 1. The van der Waals surface area contributed by atoms with Gasteiger partial charge < -0.3 is 18.9 Å². The van der Waals surface area contributed by atoms with Crippen LogP contribution in [-0.2, 0) is 9.53 Å². The summed E-state index contributed by atoms with van der Waals surface area (Å²) in [7, 11) is 0. The summed E-state index contributed by atoms with van der Waals surface area (Å²) in [4.78, 5) is 26.2. The van der Waals surface area contributed by atoms with Crippen molar-refractivity contribution in [2.24, 2.45) is 0 Å². The standard InChI is InChI=1S/C22H21F2N5O2/c23-15-11-14(12-16(24)13-15)17-1-2-18-29(17)21(30)22(31-18)3-7-27(8-4-22)19-20-26-6-10-28(20)9-5-25-19/h5-6,9-13,17-18H,1-4,7-8H2/t17-,18+/m0/s1. The highest BCUT2D eigenvalue weighted by Gasteiger charge is 2.58. The molecule has 3 fully saturated rings. The lowest BCUT2D eigenvalue weighted by atomic mass is 9.89. The number of hydrogen-bond donors (Lipinski definition) is 0. The number of fused-ring (bicyclic) bond motifs is 2. The molecule has 1 aromatic carbocycles. The van der Waals surface area contributed by atoms with Crippen LogP contribution in [0, 0.1) is 11.6 Å². The Morgan fingerprint density at radius 3 is 2.45 bits per heavy atom. The zero-order valence-electron chi connectivity index (χ0n) is 16.7. The number of benzene rings is 1. The van der Waals surface area contributed by atoms with Crippen molar-refractivity contribution in [2.75, 3.05) is 18.0 Å². The SMILES string of the molecule is O=C1N2[C@@H](CC[C@H]2c2cc(F)cc(F)c2)OC12CCN(c1nccn3ccnc13)CC2. The van der Waals surface area contributed by atoms with Gasteiger partial charge in [0.15, 0.2) is 17.1 Å². The van der Waals surface area contributed by atoms with Crippen molar-refractivity contribution in [3.8, 4) is 0 Å². The van der Waals surface area contributed by atoms with Gasteiger partial charge in [0, 0.05) is 56.8 Å². The van der Waals surface area contributed by atoms with Crippen LogP contribution in [0.2, 0.25) is 0 Å². The second-order valence-corrected chi connectivity index (χ2v) is 8.47. The second kappa shape index (κ2) is 6.71. The average molecular weight is 425 g/mol. The second-order valence-electron chi connectivity index (χ2n) is 8.47. The minimum absolute atomic E-state index is 0.0729. The third kappa shape index (κ3) is 2.83. The number of nitrogens with zero attached hydrogens (tertiary/aromatic N) is 5. The topological polar surface area (TPSA) is 63.0 Å². The van der Waals surface area contributed by atoms with Gasteiger partial charge in [-0.05, 0) is 30.5 Å². The maximum absolute atomic E-state index is 13.8. The zero-order valence-corrected chi connectivity index (χ0v) is 16.7. The number of carbonyl (C=O) groups is 1. The molecule has 0 N–H and O–H groups in total. The number of amides is 1. The first kappa shape index (κ1) is 18.7. The van der Waals surface area contributed by atoms with E-state index >= 15 is 0 Å². The number of ether oxygens (including phenoxy) is 1. The molecule has 0 aliphatic carbocycles. The van der Waals surface area contributed by atoms with E-state index in [1.807, 2.05) is 16.8 Å². The normalized spacial score (nSPS) is 25.0. The Balaban J connectivity index is 1.24. The number of imidazole rings is 1. The van der Waals surface area contributed by atoms with Crippen molar-refractivity contribution in [2.45, 2.75) is 43.6 Å². The molecule has 2 aromatic heterocycles. The van der Waals surface area contributed by atoms with Crippen LogP contribution in [0.15, 0.2) is 43.0 Å². The summed E-state index contributed by atoms with van der Waals surface area (Å²) in [5.74, 6) is -0.540. The van der Waals surface area contributed by atoms with Crippen LogP contribution >= 0.6 is 0 Å². The predicted octanol–water partition coefficient (Wildman–Crippen LogP) is 3.07. The Kier molecular flexibility index (Phi) is 4.05. The van der Waals surface area contributed by atoms with E-state index in [4.69, 9.17) is 4.74 Å². The molecule has 0 unspecified atom stereocenters. The van der Waals surface area contributed by atoms with Gasteiger partial charge in [-0.15, -0.1) is 0 Å². The Morgan fingerprint density at radius 1 is 1.00 bits per heavy atom. The molecule has 9 heteroatoms. The van der Waals surface area contributed by atoms with Crippen LogP contribution < -0.4 is 4.90 Å². The predicted molar refractivity (Wildman–Crippen MR) is 107 cm³/mol. The van der Waals surface area contributed by atoms with Crippen molar-refractivity contribution in [3.05, 3.63) is 60.2 Å². The summed E-state index contributed by atoms with van der Waals surface area (Å²) in [6.07, 6.45) is 9.22. The van der Waals surface area contributed by atoms with Gasteiger partial charge in [-0.3, -0.25) is 4.79 Å². The first-order valence-electron chi connectivity index (χ1n) is 10.5. The minimum atomic E-state index is -0.883. The molecule has 0 radical (unpaired) electrons. The van der Waals surface area contributed by atoms with Gasteiger partial charge in [-0.2, -0.15) is 0 Å². The molecule has 1 amide bonds. The van der Waals surface area contributed by atoms with E-state index in [0.717, 1.165) is 17.5 Å². The number of hydrogen-bond acceptors (Lipinski definition) is 5. The Morgan fingerprint density at radius 2 is 1.71 bits per heavy atom. The van der Waals surface area contributed by atoms with Gasteiger partial charge in [-0.25, -0.2) is 18.7 Å². The molecule has 160 valence electrons. The smallest absolute Gasteiger partial charge is 0.257 e. The molecule has 3 saturated heterocycles. The van der Waals surface area contributed by atoms with E-state index in [2.05, 4.69) is 14.9 Å². The van der Waals surface area contributed by atoms with Crippen molar-refractivity contribution in [1.82, 2.24) is 19.3 Å². The van der Waals surface area contributed by atoms with E-state index < -0.39 is 17.2 Å². The molecule has 0 saturated carbocycles. The highest BCUT2D eigenvalue weighted by molar-refractivity contribution is 5.88. The summed E-state index contributed by atoms with van der Waals surface area (Å²) in [6.45, 7) is 1.23. The third-order valence-corrected chi connectivity index (χ3v) is 6.75. The van der Waals surface area contributed by atoms with E-state index in [1.54, 1.807) is 17.3 Å². The Bertz CT molecular complexity index is 1150. The molecule has 31 heavy (non-hydrogen) atoms. The molecule has 6 rings (SSSR count). The molecular weight excluding hydrogens is 404 g/mol. The maximum Gasteiger partial charge on any atom is 0.257 e. The van der Waals surface area contributed by atoms with Crippen LogP contribution in [-0.4, -0.2) is 50.1 Å². The Hall–Kier alpha value is -3.07. The molecule has 3 aliphatic rings.